The summed E-state index contributed by atoms with van der Waals surface area (Å²) in [6.07, 6.45) is 7.90. The quantitative estimate of drug-likeness (QED) is 0.849. The van der Waals surface area contributed by atoms with E-state index in [-0.39, 0.29) is 5.41 Å². The van der Waals surface area contributed by atoms with Crippen molar-refractivity contribution in [2.24, 2.45) is 17.8 Å². The molecule has 1 aromatic heterocycles. The van der Waals surface area contributed by atoms with Gasteiger partial charge in [0, 0.05) is 5.41 Å². The van der Waals surface area contributed by atoms with Crippen molar-refractivity contribution >= 4 is 5.82 Å². The zero-order valence-electron chi connectivity index (χ0n) is 11.9. The third-order valence-electron chi connectivity index (χ3n) is 5.74. The highest BCUT2D eigenvalue weighted by molar-refractivity contribution is 5.51. The highest BCUT2D eigenvalue weighted by Crippen LogP contribution is 2.60. The first kappa shape index (κ1) is 12.1. The zero-order chi connectivity index (χ0) is 13.9. The number of aromatic nitrogens is 2. The van der Waals surface area contributed by atoms with Gasteiger partial charge in [-0.15, -0.1) is 0 Å². The van der Waals surface area contributed by atoms with E-state index in [0.29, 0.717) is 11.4 Å². The molecule has 0 saturated heterocycles. The zero-order valence-corrected chi connectivity index (χ0v) is 11.9. The first-order valence-electron chi connectivity index (χ1n) is 7.64. The van der Waals surface area contributed by atoms with E-state index in [1.807, 2.05) is 6.92 Å². The van der Waals surface area contributed by atoms with Crippen molar-refractivity contribution in [1.29, 1.82) is 5.26 Å². The van der Waals surface area contributed by atoms with Crippen molar-refractivity contribution in [2.75, 3.05) is 5.73 Å². The van der Waals surface area contributed by atoms with Crippen LogP contribution >= 0.6 is 0 Å². The van der Waals surface area contributed by atoms with Crippen molar-refractivity contribution in [3.05, 3.63) is 17.1 Å². The predicted octanol–water partition coefficient (Wildman–Crippen LogP) is 2.71. The van der Waals surface area contributed by atoms with Crippen LogP contribution in [-0.2, 0) is 5.41 Å². The maximum atomic E-state index is 9.11. The van der Waals surface area contributed by atoms with E-state index in [2.05, 4.69) is 16.0 Å². The van der Waals surface area contributed by atoms with Crippen LogP contribution < -0.4 is 5.73 Å². The molecule has 2 N–H and O–H groups in total. The molecule has 0 atom stereocenters. The van der Waals surface area contributed by atoms with Crippen molar-refractivity contribution in [3.8, 4) is 6.07 Å². The average molecular weight is 268 g/mol. The number of nitrogens with two attached hydrogens (primary N) is 1. The molecule has 1 aromatic rings. The summed E-state index contributed by atoms with van der Waals surface area (Å²) in [7, 11) is 0. The number of hydrogen-bond donors (Lipinski definition) is 1. The van der Waals surface area contributed by atoms with Gasteiger partial charge in [0.2, 0.25) is 0 Å². The van der Waals surface area contributed by atoms with Crippen molar-refractivity contribution in [2.45, 2.75) is 50.9 Å². The SMILES string of the molecule is Cc1nc(C23CC4CC(CC(C4)C2)C3)nc(N)c1C#N. The number of anilines is 1. The highest BCUT2D eigenvalue weighted by Gasteiger charge is 2.53. The third kappa shape index (κ3) is 1.59. The lowest BCUT2D eigenvalue weighted by atomic mass is 9.49. The van der Waals surface area contributed by atoms with Gasteiger partial charge in [-0.25, -0.2) is 9.97 Å². The Balaban J connectivity index is 1.80. The van der Waals surface area contributed by atoms with E-state index >= 15 is 0 Å². The Morgan fingerprint density at radius 1 is 1.10 bits per heavy atom. The summed E-state index contributed by atoms with van der Waals surface area (Å²) < 4.78 is 0. The molecule has 0 spiro atoms. The van der Waals surface area contributed by atoms with E-state index in [9.17, 15) is 0 Å². The second-order valence-corrected chi connectivity index (χ2v) is 7.20. The molecule has 4 bridgehead atoms. The molecule has 4 heteroatoms. The molecule has 4 saturated carbocycles. The number of nitriles is 1. The number of aryl methyl sites for hydroxylation is 1. The molecule has 20 heavy (non-hydrogen) atoms. The lowest BCUT2D eigenvalue weighted by Gasteiger charge is -2.56. The van der Waals surface area contributed by atoms with Gasteiger partial charge in [0.1, 0.15) is 23.3 Å². The molecule has 104 valence electrons. The fraction of sp³-hybridized carbons (Fsp3) is 0.688. The molecule has 0 aliphatic heterocycles. The number of nitrogen functional groups attached to an aromatic ring is 1. The predicted molar refractivity (Wildman–Crippen MR) is 75.7 cm³/mol. The molecule has 4 fully saturated rings. The monoisotopic (exact) mass is 268 g/mol. The van der Waals surface area contributed by atoms with Crippen LogP contribution in [0.3, 0.4) is 0 Å². The second-order valence-electron chi connectivity index (χ2n) is 7.20. The third-order valence-corrected chi connectivity index (χ3v) is 5.74. The van der Waals surface area contributed by atoms with Crippen LogP contribution in [0.5, 0.6) is 0 Å². The first-order valence-corrected chi connectivity index (χ1v) is 7.64. The van der Waals surface area contributed by atoms with Gasteiger partial charge in [0.15, 0.2) is 0 Å². The van der Waals surface area contributed by atoms with Gasteiger partial charge >= 0.3 is 0 Å². The Kier molecular flexibility index (Phi) is 2.39. The second kappa shape index (κ2) is 3.94. The van der Waals surface area contributed by atoms with Crippen LogP contribution in [0.4, 0.5) is 5.82 Å². The Bertz CT molecular complexity index is 555. The van der Waals surface area contributed by atoms with Gasteiger partial charge in [0.25, 0.3) is 0 Å². The van der Waals surface area contributed by atoms with E-state index in [0.717, 1.165) is 29.3 Å². The molecule has 0 unspecified atom stereocenters. The fourth-order valence-electron chi connectivity index (χ4n) is 5.35. The summed E-state index contributed by atoms with van der Waals surface area (Å²) in [5.74, 6) is 3.88. The summed E-state index contributed by atoms with van der Waals surface area (Å²) in [6.45, 7) is 1.88. The van der Waals surface area contributed by atoms with Crippen LogP contribution in [0.1, 0.15) is 55.6 Å². The highest BCUT2D eigenvalue weighted by atomic mass is 15.0. The smallest absolute Gasteiger partial charge is 0.145 e. The normalized spacial score (nSPS) is 37.9. The summed E-state index contributed by atoms with van der Waals surface area (Å²) in [4.78, 5) is 9.22. The topological polar surface area (TPSA) is 75.6 Å². The number of nitrogens with zero attached hydrogens (tertiary/aromatic N) is 3. The van der Waals surface area contributed by atoms with Gasteiger partial charge in [-0.05, 0) is 63.2 Å². The minimum atomic E-state index is 0.154. The maximum absolute atomic E-state index is 9.11. The Morgan fingerprint density at radius 2 is 1.65 bits per heavy atom. The minimum absolute atomic E-state index is 0.154. The van der Waals surface area contributed by atoms with Crippen LogP contribution in [0.15, 0.2) is 0 Å². The Labute approximate surface area is 119 Å². The maximum Gasteiger partial charge on any atom is 0.145 e. The summed E-state index contributed by atoms with van der Waals surface area (Å²) in [5, 5.41) is 9.11. The molecule has 4 aliphatic carbocycles. The Morgan fingerprint density at radius 3 is 2.10 bits per heavy atom. The van der Waals surface area contributed by atoms with Gasteiger partial charge in [-0.1, -0.05) is 0 Å². The van der Waals surface area contributed by atoms with E-state index in [1.54, 1.807) is 0 Å². The summed E-state index contributed by atoms with van der Waals surface area (Å²) >= 11 is 0. The number of rotatable bonds is 1. The van der Waals surface area contributed by atoms with Crippen LogP contribution in [0, 0.1) is 36.0 Å². The van der Waals surface area contributed by atoms with Crippen LogP contribution in [0.2, 0.25) is 0 Å². The lowest BCUT2D eigenvalue weighted by molar-refractivity contribution is -0.00940. The molecule has 1 heterocycles. The molecule has 0 aromatic carbocycles. The van der Waals surface area contributed by atoms with E-state index in [1.165, 1.54) is 38.5 Å². The number of hydrogen-bond acceptors (Lipinski definition) is 4. The molecule has 4 nitrogen and oxygen atoms in total. The molecule has 4 aliphatic rings. The minimum Gasteiger partial charge on any atom is -0.382 e. The van der Waals surface area contributed by atoms with Gasteiger partial charge in [-0.3, -0.25) is 0 Å². The lowest BCUT2D eigenvalue weighted by Crippen LogP contribution is -2.49. The first-order chi connectivity index (χ1) is 9.59. The molecule has 0 amide bonds. The van der Waals surface area contributed by atoms with Crippen molar-refractivity contribution < 1.29 is 0 Å². The van der Waals surface area contributed by atoms with Crippen LogP contribution in [0.25, 0.3) is 0 Å². The standard InChI is InChI=1S/C16H20N4/c1-9-13(8-17)14(18)20-15(19-9)16-5-10-2-11(6-16)4-12(3-10)7-16/h10-12H,2-7H2,1H3,(H2,18,19,20). The van der Waals surface area contributed by atoms with Gasteiger partial charge in [0.05, 0.1) is 5.69 Å². The molecular formula is C16H20N4. The van der Waals surface area contributed by atoms with Crippen molar-refractivity contribution in [1.82, 2.24) is 9.97 Å². The summed E-state index contributed by atoms with van der Waals surface area (Å²) in [6, 6.07) is 2.11. The van der Waals surface area contributed by atoms with Crippen LogP contribution in [-0.4, -0.2) is 9.97 Å². The fourth-order valence-corrected chi connectivity index (χ4v) is 5.35. The largest absolute Gasteiger partial charge is 0.382 e. The van der Waals surface area contributed by atoms with Gasteiger partial charge < -0.3 is 5.73 Å². The van der Waals surface area contributed by atoms with Gasteiger partial charge in [-0.2, -0.15) is 5.26 Å². The van der Waals surface area contributed by atoms with Crippen molar-refractivity contribution in [3.63, 3.8) is 0 Å². The molecular weight excluding hydrogens is 248 g/mol. The molecule has 0 radical (unpaired) electrons. The average Bonchev–Trinajstić information content (AvgIpc) is 2.36. The Hall–Kier alpha value is -1.63. The van der Waals surface area contributed by atoms with E-state index in [4.69, 9.17) is 11.0 Å². The van der Waals surface area contributed by atoms with E-state index < -0.39 is 0 Å². The molecule has 5 rings (SSSR count). The summed E-state index contributed by atoms with van der Waals surface area (Å²) in [5.41, 5.74) is 7.32.